The third-order valence-corrected chi connectivity index (χ3v) is 3.91. The number of hydrogen-bond acceptors (Lipinski definition) is 4. The van der Waals surface area contributed by atoms with Crippen LogP contribution in [0.5, 0.6) is 0 Å². The Morgan fingerprint density at radius 2 is 1.24 bits per heavy atom. The van der Waals surface area contributed by atoms with Gasteiger partial charge < -0.3 is 15.3 Å². The van der Waals surface area contributed by atoms with E-state index in [0.717, 1.165) is 19.3 Å². The Kier molecular flexibility index (Phi) is 14.2. The van der Waals surface area contributed by atoms with E-state index < -0.39 is 18.8 Å². The minimum atomic E-state index is -1.43. The maximum atomic E-state index is 11.5. The molecule has 21 heavy (non-hydrogen) atoms. The van der Waals surface area contributed by atoms with Crippen LogP contribution in [-0.4, -0.2) is 39.9 Å². The lowest BCUT2D eigenvalue weighted by Crippen LogP contribution is -2.36. The predicted octanol–water partition coefficient (Wildman–Crippen LogP) is 2.97. The van der Waals surface area contributed by atoms with Gasteiger partial charge in [-0.3, -0.25) is 4.79 Å². The largest absolute Gasteiger partial charge is 0.394 e. The summed E-state index contributed by atoms with van der Waals surface area (Å²) in [6.07, 6.45) is 10.9. The van der Waals surface area contributed by atoms with Gasteiger partial charge in [-0.2, -0.15) is 0 Å². The first kappa shape index (κ1) is 20.6. The molecule has 0 aromatic carbocycles. The second kappa shape index (κ2) is 14.5. The van der Waals surface area contributed by atoms with Crippen molar-refractivity contribution in [2.45, 2.75) is 96.2 Å². The Balaban J connectivity index is 3.30. The molecule has 0 fully saturated rings. The van der Waals surface area contributed by atoms with Crippen LogP contribution in [0.1, 0.15) is 84.0 Å². The third kappa shape index (κ3) is 11.8. The summed E-state index contributed by atoms with van der Waals surface area (Å²) in [6.45, 7) is 1.65. The summed E-state index contributed by atoms with van der Waals surface area (Å²) >= 11 is 0. The van der Waals surface area contributed by atoms with Gasteiger partial charge in [0.25, 0.3) is 0 Å². The average molecular weight is 302 g/mol. The molecule has 3 N–H and O–H groups in total. The predicted molar refractivity (Wildman–Crippen MR) is 85.2 cm³/mol. The summed E-state index contributed by atoms with van der Waals surface area (Å²) in [5, 5.41) is 27.2. The molecule has 0 aromatic rings. The van der Waals surface area contributed by atoms with Gasteiger partial charge in [0, 0.05) is 6.42 Å². The van der Waals surface area contributed by atoms with Crippen LogP contribution < -0.4 is 0 Å². The van der Waals surface area contributed by atoms with E-state index in [1.165, 1.54) is 51.4 Å². The summed E-state index contributed by atoms with van der Waals surface area (Å²) < 4.78 is 0. The molecule has 126 valence electrons. The number of ketones is 1. The normalized spacial score (nSPS) is 14.1. The quantitative estimate of drug-likeness (QED) is 0.406. The zero-order chi connectivity index (χ0) is 15.9. The number of aliphatic hydroxyl groups excluding tert-OH is 3. The van der Waals surface area contributed by atoms with E-state index in [9.17, 15) is 9.90 Å². The molecule has 0 spiro atoms. The highest BCUT2D eigenvalue weighted by atomic mass is 16.4. The maximum absolute atomic E-state index is 11.5. The second-order valence-electron chi connectivity index (χ2n) is 5.95. The minimum absolute atomic E-state index is 0.287. The molecule has 0 saturated heterocycles. The molecule has 0 aromatic heterocycles. The highest BCUT2D eigenvalue weighted by Crippen LogP contribution is 2.12. The fourth-order valence-electron chi connectivity index (χ4n) is 2.43. The van der Waals surface area contributed by atoms with Gasteiger partial charge >= 0.3 is 0 Å². The van der Waals surface area contributed by atoms with E-state index in [2.05, 4.69) is 6.92 Å². The maximum Gasteiger partial charge on any atom is 0.164 e. The Morgan fingerprint density at radius 3 is 1.67 bits per heavy atom. The molecule has 4 nitrogen and oxygen atoms in total. The summed E-state index contributed by atoms with van der Waals surface area (Å²) in [5.41, 5.74) is 0. The van der Waals surface area contributed by atoms with E-state index >= 15 is 0 Å². The highest BCUT2D eigenvalue weighted by molar-refractivity contribution is 5.83. The second-order valence-corrected chi connectivity index (χ2v) is 5.95. The molecule has 0 heterocycles. The average Bonchev–Trinajstić information content (AvgIpc) is 2.50. The van der Waals surface area contributed by atoms with Gasteiger partial charge in [-0.25, -0.2) is 0 Å². The Hall–Kier alpha value is -0.450. The van der Waals surface area contributed by atoms with Crippen molar-refractivity contribution in [1.82, 2.24) is 0 Å². The number of carbonyl (C=O) groups excluding carboxylic acids is 1. The molecular weight excluding hydrogens is 268 g/mol. The summed E-state index contributed by atoms with van der Waals surface area (Å²) in [7, 11) is 0. The van der Waals surface area contributed by atoms with Crippen LogP contribution in [0, 0.1) is 0 Å². The number of unbranched alkanes of at least 4 members (excludes halogenated alkanes) is 10. The van der Waals surface area contributed by atoms with E-state index in [-0.39, 0.29) is 12.2 Å². The molecule has 0 bridgehead atoms. The Morgan fingerprint density at radius 1 is 0.810 bits per heavy atom. The summed E-state index contributed by atoms with van der Waals surface area (Å²) in [5.74, 6) is -0.368. The summed E-state index contributed by atoms with van der Waals surface area (Å²) in [4.78, 5) is 11.5. The van der Waals surface area contributed by atoms with Crippen molar-refractivity contribution in [2.24, 2.45) is 0 Å². The molecule has 0 rings (SSSR count). The van der Waals surface area contributed by atoms with Crippen molar-refractivity contribution in [3.63, 3.8) is 0 Å². The van der Waals surface area contributed by atoms with Crippen LogP contribution in [0.4, 0.5) is 0 Å². The van der Waals surface area contributed by atoms with Gasteiger partial charge in [0.15, 0.2) is 5.78 Å². The monoisotopic (exact) mass is 302 g/mol. The molecule has 0 amide bonds. The third-order valence-electron chi connectivity index (χ3n) is 3.91. The lowest BCUT2D eigenvalue weighted by molar-refractivity contribution is -0.134. The van der Waals surface area contributed by atoms with Crippen molar-refractivity contribution in [1.29, 1.82) is 0 Å². The molecule has 0 radical (unpaired) electrons. The van der Waals surface area contributed by atoms with Crippen molar-refractivity contribution < 1.29 is 20.1 Å². The highest BCUT2D eigenvalue weighted by Gasteiger charge is 2.22. The molecule has 4 heteroatoms. The van der Waals surface area contributed by atoms with Gasteiger partial charge in [0.2, 0.25) is 0 Å². The van der Waals surface area contributed by atoms with Crippen LogP contribution in [0.15, 0.2) is 0 Å². The van der Waals surface area contributed by atoms with Crippen molar-refractivity contribution in [3.8, 4) is 0 Å². The first-order valence-electron chi connectivity index (χ1n) is 8.63. The number of aliphatic hydroxyl groups is 3. The smallest absolute Gasteiger partial charge is 0.164 e. The van der Waals surface area contributed by atoms with Gasteiger partial charge in [-0.15, -0.1) is 0 Å². The van der Waals surface area contributed by atoms with Crippen LogP contribution in [0.2, 0.25) is 0 Å². The molecule has 0 aliphatic heterocycles. The fraction of sp³-hybridized carbons (Fsp3) is 0.941. The molecule has 0 saturated carbocycles. The molecule has 1 unspecified atom stereocenters. The Bertz CT molecular complexity index is 243. The first-order valence-corrected chi connectivity index (χ1v) is 8.63. The van der Waals surface area contributed by atoms with Crippen molar-refractivity contribution >= 4 is 5.78 Å². The fourth-order valence-corrected chi connectivity index (χ4v) is 2.43. The molecule has 0 aliphatic rings. The van der Waals surface area contributed by atoms with Crippen molar-refractivity contribution in [3.05, 3.63) is 0 Å². The lowest BCUT2D eigenvalue weighted by atomic mass is 10.0. The van der Waals surface area contributed by atoms with Crippen LogP contribution in [0.3, 0.4) is 0 Å². The standard InChI is InChI=1S/C17H34O4/c1-2-3-4-5-6-7-8-9-10-11-12-13-15(19)17(21)16(20)14-18/h16-18,20-21H,2-14H2,1H3/t16-,17?/m0/s1. The molecule has 2 atom stereocenters. The zero-order valence-electron chi connectivity index (χ0n) is 13.6. The van der Waals surface area contributed by atoms with E-state index in [0.29, 0.717) is 0 Å². The number of carbonyl (C=O) groups is 1. The first-order chi connectivity index (χ1) is 10.1. The number of Topliss-reactive ketones (excluding diaryl/α,β-unsaturated/α-hetero) is 1. The van der Waals surface area contributed by atoms with E-state index in [1.807, 2.05) is 0 Å². The van der Waals surface area contributed by atoms with E-state index in [1.54, 1.807) is 0 Å². The Labute approximate surface area is 129 Å². The van der Waals surface area contributed by atoms with Gasteiger partial charge in [-0.1, -0.05) is 71.1 Å². The SMILES string of the molecule is CCCCCCCCCCCCCC(=O)C(O)[C@@H](O)CO. The van der Waals surface area contributed by atoms with Crippen LogP contribution >= 0.6 is 0 Å². The topological polar surface area (TPSA) is 77.8 Å². The van der Waals surface area contributed by atoms with Gasteiger partial charge in [0.1, 0.15) is 12.2 Å². The van der Waals surface area contributed by atoms with Gasteiger partial charge in [0.05, 0.1) is 6.61 Å². The molecule has 0 aliphatic carbocycles. The van der Waals surface area contributed by atoms with Crippen LogP contribution in [-0.2, 0) is 4.79 Å². The number of rotatable bonds is 15. The summed E-state index contributed by atoms with van der Waals surface area (Å²) in [6, 6.07) is 0. The van der Waals surface area contributed by atoms with Gasteiger partial charge in [-0.05, 0) is 6.42 Å². The zero-order valence-corrected chi connectivity index (χ0v) is 13.6. The lowest BCUT2D eigenvalue weighted by Gasteiger charge is -2.13. The number of hydrogen-bond donors (Lipinski definition) is 3. The van der Waals surface area contributed by atoms with Crippen LogP contribution in [0.25, 0.3) is 0 Å². The van der Waals surface area contributed by atoms with E-state index in [4.69, 9.17) is 10.2 Å². The van der Waals surface area contributed by atoms with Crippen molar-refractivity contribution in [2.75, 3.05) is 6.61 Å². The minimum Gasteiger partial charge on any atom is -0.394 e. The molecular formula is C17H34O4.